The van der Waals surface area contributed by atoms with Crippen molar-refractivity contribution < 1.29 is 9.53 Å². The molecule has 0 spiro atoms. The van der Waals surface area contributed by atoms with Gasteiger partial charge in [-0.1, -0.05) is 18.2 Å². The van der Waals surface area contributed by atoms with E-state index in [0.717, 1.165) is 16.9 Å². The standard InChI is InChI=1S/C12H14O2/c1-9(10(2)13)8-11-6-4-5-7-12(11)14-3/h4-8H,1-3H3. The lowest BCUT2D eigenvalue weighted by Crippen LogP contribution is -1.92. The van der Waals surface area contributed by atoms with Gasteiger partial charge in [0, 0.05) is 5.56 Å². The molecule has 0 bridgehead atoms. The quantitative estimate of drug-likeness (QED) is 0.685. The molecule has 0 heterocycles. The first-order valence-corrected chi connectivity index (χ1v) is 4.47. The van der Waals surface area contributed by atoms with Crippen molar-refractivity contribution in [3.8, 4) is 5.75 Å². The fraction of sp³-hybridized carbons (Fsp3) is 0.250. The lowest BCUT2D eigenvalue weighted by atomic mass is 10.1. The number of ether oxygens (including phenoxy) is 1. The van der Waals surface area contributed by atoms with Crippen molar-refractivity contribution in [1.82, 2.24) is 0 Å². The van der Waals surface area contributed by atoms with E-state index in [1.807, 2.05) is 30.3 Å². The molecule has 0 saturated heterocycles. The monoisotopic (exact) mass is 190 g/mol. The van der Waals surface area contributed by atoms with Crippen molar-refractivity contribution >= 4 is 11.9 Å². The van der Waals surface area contributed by atoms with Gasteiger partial charge in [0.25, 0.3) is 0 Å². The Bertz CT molecular complexity index is 364. The Kier molecular flexibility index (Phi) is 3.46. The zero-order chi connectivity index (χ0) is 10.6. The third-order valence-electron chi connectivity index (χ3n) is 2.07. The molecule has 1 rings (SSSR count). The summed E-state index contributed by atoms with van der Waals surface area (Å²) in [5.41, 5.74) is 1.66. The molecule has 2 nitrogen and oxygen atoms in total. The number of hydrogen-bond donors (Lipinski definition) is 0. The van der Waals surface area contributed by atoms with Crippen LogP contribution in [0.4, 0.5) is 0 Å². The van der Waals surface area contributed by atoms with Gasteiger partial charge in [0.15, 0.2) is 5.78 Å². The normalized spacial score (nSPS) is 11.2. The van der Waals surface area contributed by atoms with Crippen molar-refractivity contribution in [3.05, 3.63) is 35.4 Å². The Balaban J connectivity index is 3.07. The third kappa shape index (κ3) is 2.46. The second kappa shape index (κ2) is 4.61. The molecule has 0 aliphatic heterocycles. The van der Waals surface area contributed by atoms with Gasteiger partial charge < -0.3 is 4.74 Å². The van der Waals surface area contributed by atoms with Crippen LogP contribution in [0.5, 0.6) is 5.75 Å². The van der Waals surface area contributed by atoms with E-state index in [1.54, 1.807) is 21.0 Å². The molecule has 0 fully saturated rings. The van der Waals surface area contributed by atoms with Crippen LogP contribution in [0.15, 0.2) is 29.8 Å². The van der Waals surface area contributed by atoms with E-state index >= 15 is 0 Å². The average molecular weight is 190 g/mol. The van der Waals surface area contributed by atoms with Crippen molar-refractivity contribution in [3.63, 3.8) is 0 Å². The number of carbonyl (C=O) groups excluding carboxylic acids is 1. The Morgan fingerprint density at radius 3 is 2.50 bits per heavy atom. The first kappa shape index (κ1) is 10.5. The second-order valence-electron chi connectivity index (χ2n) is 3.13. The summed E-state index contributed by atoms with van der Waals surface area (Å²) in [5, 5.41) is 0. The van der Waals surface area contributed by atoms with Crippen LogP contribution in [0.2, 0.25) is 0 Å². The fourth-order valence-corrected chi connectivity index (χ4v) is 1.12. The first-order chi connectivity index (χ1) is 6.65. The number of ketones is 1. The lowest BCUT2D eigenvalue weighted by molar-refractivity contribution is -0.113. The van der Waals surface area contributed by atoms with E-state index < -0.39 is 0 Å². The smallest absolute Gasteiger partial charge is 0.155 e. The SMILES string of the molecule is COc1ccccc1C=C(C)C(C)=O. The average Bonchev–Trinajstić information content (AvgIpc) is 2.18. The highest BCUT2D eigenvalue weighted by atomic mass is 16.5. The van der Waals surface area contributed by atoms with Crippen LogP contribution < -0.4 is 4.74 Å². The number of rotatable bonds is 3. The van der Waals surface area contributed by atoms with Gasteiger partial charge in [-0.25, -0.2) is 0 Å². The van der Waals surface area contributed by atoms with Crippen LogP contribution in [-0.4, -0.2) is 12.9 Å². The van der Waals surface area contributed by atoms with Gasteiger partial charge in [-0.3, -0.25) is 4.79 Å². The van der Waals surface area contributed by atoms with Crippen molar-refractivity contribution in [2.24, 2.45) is 0 Å². The van der Waals surface area contributed by atoms with Crippen LogP contribution >= 0.6 is 0 Å². The molecule has 0 aliphatic carbocycles. The molecule has 0 unspecified atom stereocenters. The predicted molar refractivity (Wildman–Crippen MR) is 57.3 cm³/mol. The molecule has 0 aliphatic rings. The van der Waals surface area contributed by atoms with Gasteiger partial charge in [0.1, 0.15) is 5.75 Å². The number of hydrogen-bond acceptors (Lipinski definition) is 2. The summed E-state index contributed by atoms with van der Waals surface area (Å²) in [6.07, 6.45) is 1.83. The van der Waals surface area contributed by atoms with Gasteiger partial charge in [-0.15, -0.1) is 0 Å². The minimum absolute atomic E-state index is 0.0795. The summed E-state index contributed by atoms with van der Waals surface area (Å²) in [5.74, 6) is 0.865. The van der Waals surface area contributed by atoms with E-state index in [0.29, 0.717) is 0 Å². The summed E-state index contributed by atoms with van der Waals surface area (Å²) in [6, 6.07) is 7.62. The molecule has 1 aromatic rings. The second-order valence-corrected chi connectivity index (χ2v) is 3.13. The summed E-state index contributed by atoms with van der Waals surface area (Å²) in [7, 11) is 1.62. The van der Waals surface area contributed by atoms with Gasteiger partial charge in [-0.05, 0) is 31.6 Å². The van der Waals surface area contributed by atoms with E-state index in [2.05, 4.69) is 0 Å². The van der Waals surface area contributed by atoms with Crippen molar-refractivity contribution in [1.29, 1.82) is 0 Å². The van der Waals surface area contributed by atoms with E-state index in [4.69, 9.17) is 4.74 Å². The minimum atomic E-state index is 0.0795. The molecular weight excluding hydrogens is 176 g/mol. The lowest BCUT2D eigenvalue weighted by Gasteiger charge is -2.04. The Morgan fingerprint density at radius 1 is 1.29 bits per heavy atom. The molecule has 0 atom stereocenters. The first-order valence-electron chi connectivity index (χ1n) is 4.47. The van der Waals surface area contributed by atoms with Crippen LogP contribution in [0.3, 0.4) is 0 Å². The van der Waals surface area contributed by atoms with Crippen LogP contribution in [-0.2, 0) is 4.79 Å². The Morgan fingerprint density at radius 2 is 1.93 bits per heavy atom. The predicted octanol–water partition coefficient (Wildman–Crippen LogP) is 2.69. The van der Waals surface area contributed by atoms with E-state index in [1.165, 1.54) is 0 Å². The van der Waals surface area contributed by atoms with Crippen molar-refractivity contribution in [2.75, 3.05) is 7.11 Å². The van der Waals surface area contributed by atoms with Gasteiger partial charge >= 0.3 is 0 Å². The number of methoxy groups -OCH3 is 1. The minimum Gasteiger partial charge on any atom is -0.496 e. The number of carbonyl (C=O) groups is 1. The Labute approximate surface area is 84.2 Å². The largest absolute Gasteiger partial charge is 0.496 e. The summed E-state index contributed by atoms with van der Waals surface area (Å²) >= 11 is 0. The third-order valence-corrected chi connectivity index (χ3v) is 2.07. The fourth-order valence-electron chi connectivity index (χ4n) is 1.12. The maximum Gasteiger partial charge on any atom is 0.155 e. The van der Waals surface area contributed by atoms with Crippen LogP contribution in [0, 0.1) is 0 Å². The molecule has 1 aromatic carbocycles. The molecule has 14 heavy (non-hydrogen) atoms. The highest BCUT2D eigenvalue weighted by molar-refractivity contribution is 5.97. The molecule has 0 N–H and O–H groups in total. The molecule has 0 saturated carbocycles. The number of Topliss-reactive ketones (excluding diaryl/α,β-unsaturated/α-hetero) is 1. The molecule has 0 radical (unpaired) electrons. The number of allylic oxidation sites excluding steroid dienone is 1. The number of benzene rings is 1. The molecule has 0 aromatic heterocycles. The van der Waals surface area contributed by atoms with E-state index in [9.17, 15) is 4.79 Å². The summed E-state index contributed by atoms with van der Waals surface area (Å²) in [6.45, 7) is 3.36. The topological polar surface area (TPSA) is 26.3 Å². The zero-order valence-corrected chi connectivity index (χ0v) is 8.70. The van der Waals surface area contributed by atoms with Crippen molar-refractivity contribution in [2.45, 2.75) is 13.8 Å². The Hall–Kier alpha value is -1.57. The van der Waals surface area contributed by atoms with Gasteiger partial charge in [0.2, 0.25) is 0 Å². The molecule has 74 valence electrons. The maximum atomic E-state index is 11.0. The van der Waals surface area contributed by atoms with E-state index in [-0.39, 0.29) is 5.78 Å². The summed E-state index contributed by atoms with van der Waals surface area (Å²) < 4.78 is 5.17. The zero-order valence-electron chi connectivity index (χ0n) is 8.70. The van der Waals surface area contributed by atoms with Crippen LogP contribution in [0.25, 0.3) is 6.08 Å². The molecular formula is C12H14O2. The highest BCUT2D eigenvalue weighted by Gasteiger charge is 2.01. The highest BCUT2D eigenvalue weighted by Crippen LogP contribution is 2.20. The van der Waals surface area contributed by atoms with Crippen LogP contribution in [0.1, 0.15) is 19.4 Å². The molecule has 2 heteroatoms. The van der Waals surface area contributed by atoms with Gasteiger partial charge in [0.05, 0.1) is 7.11 Å². The summed E-state index contributed by atoms with van der Waals surface area (Å²) in [4.78, 5) is 11.0. The molecule has 0 amide bonds. The maximum absolute atomic E-state index is 11.0. The number of para-hydroxylation sites is 1. The van der Waals surface area contributed by atoms with Gasteiger partial charge in [-0.2, -0.15) is 0 Å².